The Hall–Kier alpha value is -1.31. The van der Waals surface area contributed by atoms with Crippen LogP contribution in [0.15, 0.2) is 18.2 Å². The molecule has 1 aliphatic carbocycles. The van der Waals surface area contributed by atoms with E-state index in [4.69, 9.17) is 5.11 Å². The molecule has 1 saturated carbocycles. The fourth-order valence-corrected chi connectivity index (χ4v) is 2.45. The monoisotopic (exact) mass is 375 g/mol. The fourth-order valence-electron chi connectivity index (χ4n) is 1.96. The van der Waals surface area contributed by atoms with Crippen LogP contribution in [0.1, 0.15) is 29.6 Å². The Balaban J connectivity index is 2.10. The molecule has 0 bridgehead atoms. The third-order valence-electron chi connectivity index (χ3n) is 3.11. The molecule has 1 aliphatic rings. The van der Waals surface area contributed by atoms with Gasteiger partial charge in [0.2, 0.25) is 0 Å². The van der Waals surface area contributed by atoms with Crippen molar-refractivity contribution < 1.29 is 19.8 Å². The van der Waals surface area contributed by atoms with Crippen LogP contribution in [0.2, 0.25) is 0 Å². The molecule has 3 N–H and O–H groups in total. The highest BCUT2D eigenvalue weighted by Gasteiger charge is 2.34. The number of hydrogen-bond donors (Lipinski definition) is 3. The van der Waals surface area contributed by atoms with Crippen molar-refractivity contribution >= 4 is 34.5 Å². The van der Waals surface area contributed by atoms with E-state index in [9.17, 15) is 14.7 Å². The second-order valence-corrected chi connectivity index (χ2v) is 5.92. The molecule has 0 saturated heterocycles. The molecular weight excluding hydrogens is 361 g/mol. The van der Waals surface area contributed by atoms with E-state index in [1.807, 2.05) is 22.6 Å². The van der Waals surface area contributed by atoms with E-state index in [2.05, 4.69) is 5.32 Å². The Morgan fingerprint density at radius 1 is 1.42 bits per heavy atom. The van der Waals surface area contributed by atoms with E-state index in [0.717, 1.165) is 16.4 Å². The summed E-state index contributed by atoms with van der Waals surface area (Å²) < 4.78 is 0.835. The number of phenolic OH excluding ortho intramolecular Hbond substituents is 1. The van der Waals surface area contributed by atoms with Crippen molar-refractivity contribution in [1.29, 1.82) is 0 Å². The van der Waals surface area contributed by atoms with Crippen LogP contribution in [0.25, 0.3) is 0 Å². The summed E-state index contributed by atoms with van der Waals surface area (Å²) in [6.45, 7) is 0. The molecule has 1 aromatic carbocycles. The standard InChI is InChI=1S/C13H14INO4/c14-8-3-4-11(16)9(5-8)13(19)15-10(6-12(17)18)7-1-2-7/h3-5,7,10,16H,1-2,6H2,(H,15,19)(H,17,18). The summed E-state index contributed by atoms with van der Waals surface area (Å²) in [5.41, 5.74) is 0.183. The quantitative estimate of drug-likeness (QED) is 0.687. The van der Waals surface area contributed by atoms with Crippen molar-refractivity contribution in [2.75, 3.05) is 0 Å². The second kappa shape index (κ2) is 5.77. The van der Waals surface area contributed by atoms with Gasteiger partial charge >= 0.3 is 5.97 Å². The Kier molecular flexibility index (Phi) is 4.28. The van der Waals surface area contributed by atoms with Gasteiger partial charge in [-0.15, -0.1) is 0 Å². The van der Waals surface area contributed by atoms with Gasteiger partial charge in [-0.2, -0.15) is 0 Å². The molecule has 0 radical (unpaired) electrons. The highest BCUT2D eigenvalue weighted by molar-refractivity contribution is 14.1. The third-order valence-corrected chi connectivity index (χ3v) is 3.78. The first kappa shape index (κ1) is 14.1. The van der Waals surface area contributed by atoms with Crippen molar-refractivity contribution in [3.63, 3.8) is 0 Å². The predicted molar refractivity (Wildman–Crippen MR) is 77.1 cm³/mol. The van der Waals surface area contributed by atoms with Crippen LogP contribution >= 0.6 is 22.6 Å². The lowest BCUT2D eigenvalue weighted by Crippen LogP contribution is -2.38. The number of phenols is 1. The SMILES string of the molecule is O=C(O)CC(NC(=O)c1cc(I)ccc1O)C1CC1. The number of aliphatic carboxylic acids is 1. The maximum Gasteiger partial charge on any atom is 0.305 e. The van der Waals surface area contributed by atoms with Gasteiger partial charge in [-0.3, -0.25) is 9.59 Å². The first-order valence-corrected chi connectivity index (χ1v) is 7.06. The van der Waals surface area contributed by atoms with Gasteiger partial charge in [0.25, 0.3) is 5.91 Å². The van der Waals surface area contributed by atoms with Crippen LogP contribution < -0.4 is 5.32 Å². The van der Waals surface area contributed by atoms with Crippen LogP contribution in [-0.4, -0.2) is 28.1 Å². The van der Waals surface area contributed by atoms with E-state index in [-0.39, 0.29) is 29.7 Å². The molecule has 2 rings (SSSR count). The number of hydrogen-bond acceptors (Lipinski definition) is 3. The normalized spacial score (nSPS) is 15.8. The zero-order valence-electron chi connectivity index (χ0n) is 10.1. The van der Waals surface area contributed by atoms with E-state index in [1.54, 1.807) is 12.1 Å². The van der Waals surface area contributed by atoms with E-state index in [1.165, 1.54) is 6.07 Å². The molecule has 0 aromatic heterocycles. The molecule has 6 heteroatoms. The number of carboxylic acids is 1. The molecular formula is C13H14INO4. The number of carbonyl (C=O) groups excluding carboxylic acids is 1. The van der Waals surface area contributed by atoms with Crippen LogP contribution in [-0.2, 0) is 4.79 Å². The average molecular weight is 375 g/mol. The minimum atomic E-state index is -0.927. The molecule has 0 aliphatic heterocycles. The zero-order valence-corrected chi connectivity index (χ0v) is 12.3. The van der Waals surface area contributed by atoms with E-state index in [0.29, 0.717) is 0 Å². The Morgan fingerprint density at radius 3 is 2.68 bits per heavy atom. The molecule has 102 valence electrons. The minimum Gasteiger partial charge on any atom is -0.507 e. The molecule has 0 spiro atoms. The number of rotatable bonds is 5. The highest BCUT2D eigenvalue weighted by atomic mass is 127. The number of nitrogens with one attached hydrogen (secondary N) is 1. The van der Waals surface area contributed by atoms with Crippen molar-refractivity contribution in [3.05, 3.63) is 27.3 Å². The predicted octanol–water partition coefficient (Wildman–Crippen LogP) is 1.98. The van der Waals surface area contributed by atoms with Crippen LogP contribution in [0.4, 0.5) is 0 Å². The molecule has 19 heavy (non-hydrogen) atoms. The summed E-state index contributed by atoms with van der Waals surface area (Å²) in [5.74, 6) is -1.20. The lowest BCUT2D eigenvalue weighted by atomic mass is 10.1. The van der Waals surface area contributed by atoms with Gasteiger partial charge in [-0.25, -0.2) is 0 Å². The van der Waals surface area contributed by atoms with Gasteiger partial charge in [-0.05, 0) is 59.5 Å². The molecule has 5 nitrogen and oxygen atoms in total. The van der Waals surface area contributed by atoms with Gasteiger partial charge in [0, 0.05) is 9.61 Å². The summed E-state index contributed by atoms with van der Waals surface area (Å²) in [7, 11) is 0. The summed E-state index contributed by atoms with van der Waals surface area (Å²) >= 11 is 2.05. The molecule has 1 aromatic rings. The average Bonchev–Trinajstić information content (AvgIpc) is 3.14. The molecule has 1 atom stereocenters. The number of carbonyl (C=O) groups is 2. The fraction of sp³-hybridized carbons (Fsp3) is 0.385. The van der Waals surface area contributed by atoms with E-state index < -0.39 is 11.9 Å². The summed E-state index contributed by atoms with van der Waals surface area (Å²) in [5, 5.41) is 21.2. The van der Waals surface area contributed by atoms with Gasteiger partial charge < -0.3 is 15.5 Å². The number of halogens is 1. The second-order valence-electron chi connectivity index (χ2n) is 4.68. The van der Waals surface area contributed by atoms with Gasteiger partial charge in [0.15, 0.2) is 0 Å². The third kappa shape index (κ3) is 3.82. The topological polar surface area (TPSA) is 86.6 Å². The van der Waals surface area contributed by atoms with Crippen LogP contribution in [0.3, 0.4) is 0 Å². The van der Waals surface area contributed by atoms with Gasteiger partial charge in [0.05, 0.1) is 12.0 Å². The molecule has 1 fully saturated rings. The number of amides is 1. The summed E-state index contributed by atoms with van der Waals surface area (Å²) in [4.78, 5) is 22.9. The Morgan fingerprint density at radius 2 is 2.11 bits per heavy atom. The Labute approximate surface area is 124 Å². The lowest BCUT2D eigenvalue weighted by Gasteiger charge is -2.16. The van der Waals surface area contributed by atoms with Crippen molar-refractivity contribution in [2.45, 2.75) is 25.3 Å². The van der Waals surface area contributed by atoms with Gasteiger partial charge in [0.1, 0.15) is 5.75 Å². The van der Waals surface area contributed by atoms with Crippen LogP contribution in [0, 0.1) is 9.49 Å². The maximum absolute atomic E-state index is 12.1. The van der Waals surface area contributed by atoms with E-state index >= 15 is 0 Å². The first-order chi connectivity index (χ1) is 8.97. The highest BCUT2D eigenvalue weighted by Crippen LogP contribution is 2.34. The van der Waals surface area contributed by atoms with Crippen molar-refractivity contribution in [1.82, 2.24) is 5.32 Å². The Bertz CT molecular complexity index is 513. The first-order valence-electron chi connectivity index (χ1n) is 5.98. The largest absolute Gasteiger partial charge is 0.507 e. The minimum absolute atomic E-state index is 0.0822. The summed E-state index contributed by atoms with van der Waals surface area (Å²) in [6.07, 6.45) is 1.80. The van der Waals surface area contributed by atoms with Crippen molar-refractivity contribution in [3.8, 4) is 5.75 Å². The lowest BCUT2D eigenvalue weighted by molar-refractivity contribution is -0.137. The van der Waals surface area contributed by atoms with Crippen LogP contribution in [0.5, 0.6) is 5.75 Å². The number of carboxylic acid groups (broad SMARTS) is 1. The zero-order chi connectivity index (χ0) is 14.0. The summed E-state index contributed by atoms with van der Waals surface area (Å²) in [6, 6.07) is 4.38. The number of aromatic hydroxyl groups is 1. The van der Waals surface area contributed by atoms with Gasteiger partial charge in [-0.1, -0.05) is 0 Å². The molecule has 1 unspecified atom stereocenters. The molecule has 1 amide bonds. The maximum atomic E-state index is 12.1. The molecule has 0 heterocycles. The number of benzene rings is 1. The van der Waals surface area contributed by atoms with Crippen molar-refractivity contribution in [2.24, 2.45) is 5.92 Å². The smallest absolute Gasteiger partial charge is 0.305 e.